The Morgan fingerprint density at radius 2 is 1.78 bits per heavy atom. The second kappa shape index (κ2) is 6.12. The van der Waals surface area contributed by atoms with E-state index in [1.165, 1.54) is 24.8 Å². The Morgan fingerprint density at radius 1 is 1.06 bits per heavy atom. The van der Waals surface area contributed by atoms with E-state index in [1.807, 2.05) is 0 Å². The number of nitrogens with one attached hydrogen (secondary N) is 1. The Kier molecular flexibility index (Phi) is 4.50. The molecule has 18 heavy (non-hydrogen) atoms. The number of fused-ring (bicyclic) bond motifs is 1. The molecule has 4 heteroatoms. The number of hydrogen-bond acceptors (Lipinski definition) is 3. The van der Waals surface area contributed by atoms with Crippen LogP contribution in [0.15, 0.2) is 30.6 Å². The summed E-state index contributed by atoms with van der Waals surface area (Å²) in [7, 11) is 0. The highest BCUT2D eigenvalue weighted by atomic mass is 35.5. The van der Waals surface area contributed by atoms with Gasteiger partial charge in [0.15, 0.2) is 0 Å². The lowest BCUT2D eigenvalue weighted by atomic mass is 9.91. The van der Waals surface area contributed by atoms with Gasteiger partial charge in [-0.2, -0.15) is 0 Å². The molecule has 0 saturated carbocycles. The summed E-state index contributed by atoms with van der Waals surface area (Å²) in [5.41, 5.74) is 3.39. The molecule has 0 amide bonds. The molecular weight excluding hydrogens is 246 g/mol. The van der Waals surface area contributed by atoms with Gasteiger partial charge in [-0.1, -0.05) is 6.07 Å². The number of nitrogens with zero attached hydrogens (tertiary/aromatic N) is 2. The molecule has 0 radical (unpaired) electrons. The van der Waals surface area contributed by atoms with Gasteiger partial charge in [0.25, 0.3) is 0 Å². The van der Waals surface area contributed by atoms with Gasteiger partial charge in [-0.25, -0.2) is 0 Å². The van der Waals surface area contributed by atoms with Crippen LogP contribution in [0, 0.1) is 5.92 Å². The van der Waals surface area contributed by atoms with E-state index in [-0.39, 0.29) is 12.4 Å². The van der Waals surface area contributed by atoms with Crippen LogP contribution in [0.5, 0.6) is 0 Å². The van der Waals surface area contributed by atoms with Crippen molar-refractivity contribution in [3.63, 3.8) is 0 Å². The molecule has 0 atom stereocenters. The molecule has 1 aliphatic rings. The molecule has 1 aromatic heterocycles. The predicted octanol–water partition coefficient (Wildman–Crippen LogP) is 2.59. The molecule has 1 aromatic carbocycles. The Morgan fingerprint density at radius 3 is 2.56 bits per heavy atom. The van der Waals surface area contributed by atoms with Gasteiger partial charge in [0.05, 0.1) is 11.0 Å². The highest BCUT2D eigenvalue weighted by molar-refractivity contribution is 5.85. The van der Waals surface area contributed by atoms with Crippen molar-refractivity contribution in [1.82, 2.24) is 15.3 Å². The van der Waals surface area contributed by atoms with Crippen molar-refractivity contribution in [2.45, 2.75) is 19.3 Å². The Bertz CT molecular complexity index is 509. The van der Waals surface area contributed by atoms with Crippen LogP contribution in [0.2, 0.25) is 0 Å². The monoisotopic (exact) mass is 263 g/mol. The van der Waals surface area contributed by atoms with Gasteiger partial charge in [0.1, 0.15) is 0 Å². The summed E-state index contributed by atoms with van der Waals surface area (Å²) >= 11 is 0. The van der Waals surface area contributed by atoms with Crippen LogP contribution in [0.25, 0.3) is 11.0 Å². The average molecular weight is 264 g/mol. The van der Waals surface area contributed by atoms with Crippen molar-refractivity contribution in [1.29, 1.82) is 0 Å². The molecule has 1 N–H and O–H groups in total. The first-order chi connectivity index (χ1) is 8.42. The molecule has 3 rings (SSSR count). The lowest BCUT2D eigenvalue weighted by Crippen LogP contribution is -2.28. The third kappa shape index (κ3) is 2.98. The Balaban J connectivity index is 0.00000120. The molecule has 0 aliphatic carbocycles. The maximum Gasteiger partial charge on any atom is 0.0889 e. The molecule has 2 aromatic rings. The number of halogens is 1. The smallest absolute Gasteiger partial charge is 0.0889 e. The van der Waals surface area contributed by atoms with E-state index in [1.54, 1.807) is 12.4 Å². The highest BCUT2D eigenvalue weighted by Crippen LogP contribution is 2.20. The van der Waals surface area contributed by atoms with Crippen LogP contribution in [0.1, 0.15) is 18.4 Å². The van der Waals surface area contributed by atoms with Gasteiger partial charge in [-0.3, -0.25) is 9.97 Å². The maximum atomic E-state index is 4.36. The maximum absolute atomic E-state index is 4.36. The molecule has 1 saturated heterocycles. The van der Waals surface area contributed by atoms with E-state index in [2.05, 4.69) is 33.5 Å². The number of aromatic nitrogens is 2. The van der Waals surface area contributed by atoms with E-state index in [4.69, 9.17) is 0 Å². The Hall–Kier alpha value is -1.19. The van der Waals surface area contributed by atoms with Crippen LogP contribution in [-0.4, -0.2) is 23.1 Å². The van der Waals surface area contributed by atoms with Gasteiger partial charge in [-0.15, -0.1) is 12.4 Å². The molecule has 96 valence electrons. The molecule has 1 aliphatic heterocycles. The van der Waals surface area contributed by atoms with Crippen molar-refractivity contribution in [2.75, 3.05) is 13.1 Å². The van der Waals surface area contributed by atoms with Crippen molar-refractivity contribution >= 4 is 23.4 Å². The molecule has 1 fully saturated rings. The zero-order valence-corrected chi connectivity index (χ0v) is 11.1. The van der Waals surface area contributed by atoms with E-state index in [0.29, 0.717) is 0 Å². The number of piperidine rings is 1. The summed E-state index contributed by atoms with van der Waals surface area (Å²) in [6.07, 6.45) is 7.26. The fraction of sp³-hybridized carbons (Fsp3) is 0.429. The summed E-state index contributed by atoms with van der Waals surface area (Å²) in [5.74, 6) is 0.824. The van der Waals surface area contributed by atoms with Crippen molar-refractivity contribution in [2.24, 2.45) is 5.92 Å². The van der Waals surface area contributed by atoms with Crippen LogP contribution in [-0.2, 0) is 6.42 Å². The third-order valence-corrected chi connectivity index (χ3v) is 3.52. The zero-order valence-electron chi connectivity index (χ0n) is 10.3. The predicted molar refractivity (Wildman–Crippen MR) is 76.1 cm³/mol. The van der Waals surface area contributed by atoms with Gasteiger partial charge in [0, 0.05) is 12.4 Å². The quantitative estimate of drug-likeness (QED) is 0.905. The van der Waals surface area contributed by atoms with Crippen LogP contribution < -0.4 is 5.32 Å². The van der Waals surface area contributed by atoms with Gasteiger partial charge < -0.3 is 5.32 Å². The Labute approximate surface area is 113 Å². The first-order valence-electron chi connectivity index (χ1n) is 6.32. The lowest BCUT2D eigenvalue weighted by Gasteiger charge is -2.22. The van der Waals surface area contributed by atoms with E-state index in [0.717, 1.165) is 30.0 Å². The van der Waals surface area contributed by atoms with E-state index >= 15 is 0 Å². The molecule has 3 nitrogen and oxygen atoms in total. The normalized spacial score (nSPS) is 16.4. The molecular formula is C14H18ClN3. The van der Waals surface area contributed by atoms with E-state index < -0.39 is 0 Å². The van der Waals surface area contributed by atoms with Crippen LogP contribution >= 0.6 is 12.4 Å². The summed E-state index contributed by atoms with van der Waals surface area (Å²) in [4.78, 5) is 8.66. The first-order valence-corrected chi connectivity index (χ1v) is 6.32. The van der Waals surface area contributed by atoms with E-state index in [9.17, 15) is 0 Å². The van der Waals surface area contributed by atoms with Crippen LogP contribution in [0.4, 0.5) is 0 Å². The second-order valence-corrected chi connectivity index (χ2v) is 4.78. The molecule has 2 heterocycles. The fourth-order valence-electron chi connectivity index (χ4n) is 2.55. The largest absolute Gasteiger partial charge is 0.317 e. The lowest BCUT2D eigenvalue weighted by molar-refractivity contribution is 0.373. The van der Waals surface area contributed by atoms with Crippen LogP contribution in [0.3, 0.4) is 0 Å². The van der Waals surface area contributed by atoms with Gasteiger partial charge in [-0.05, 0) is 56.0 Å². The SMILES string of the molecule is Cl.c1cnc2cc(CC3CCNCC3)ccc2n1. The summed E-state index contributed by atoms with van der Waals surface area (Å²) in [6.45, 7) is 2.33. The standard InChI is InChI=1S/C14H17N3.ClH/c1-2-13-14(17-8-7-16-13)10-12(1)9-11-3-5-15-6-4-11;/h1-2,7-8,10-11,15H,3-6,9H2;1H. The number of benzene rings is 1. The van der Waals surface area contributed by atoms with Crippen molar-refractivity contribution in [3.8, 4) is 0 Å². The minimum atomic E-state index is 0. The summed E-state index contributed by atoms with van der Waals surface area (Å²) in [5, 5.41) is 3.41. The van der Waals surface area contributed by atoms with Crippen molar-refractivity contribution < 1.29 is 0 Å². The molecule has 0 bridgehead atoms. The summed E-state index contributed by atoms with van der Waals surface area (Å²) < 4.78 is 0. The number of rotatable bonds is 2. The highest BCUT2D eigenvalue weighted by Gasteiger charge is 2.13. The summed E-state index contributed by atoms with van der Waals surface area (Å²) in [6, 6.07) is 6.46. The molecule has 0 spiro atoms. The van der Waals surface area contributed by atoms with Gasteiger partial charge in [0.2, 0.25) is 0 Å². The fourth-order valence-corrected chi connectivity index (χ4v) is 2.55. The topological polar surface area (TPSA) is 37.8 Å². The minimum Gasteiger partial charge on any atom is -0.317 e. The third-order valence-electron chi connectivity index (χ3n) is 3.52. The van der Waals surface area contributed by atoms with Crippen molar-refractivity contribution in [3.05, 3.63) is 36.2 Å². The molecule has 0 unspecified atom stereocenters. The zero-order chi connectivity index (χ0) is 11.5. The average Bonchev–Trinajstić information content (AvgIpc) is 2.40. The number of hydrogen-bond donors (Lipinski definition) is 1. The minimum absolute atomic E-state index is 0. The first kappa shape index (κ1) is 13.2. The van der Waals surface area contributed by atoms with Gasteiger partial charge >= 0.3 is 0 Å². The second-order valence-electron chi connectivity index (χ2n) is 4.78.